The molecule has 0 atom stereocenters. The Morgan fingerprint density at radius 2 is 2.10 bits per heavy atom. The van der Waals surface area contributed by atoms with E-state index in [1.165, 1.54) is 18.2 Å². The molecule has 0 spiro atoms. The number of benzene rings is 2. The second-order valence-electron chi connectivity index (χ2n) is 4.91. The largest absolute Gasteiger partial charge is 0.307 e. The summed E-state index contributed by atoms with van der Waals surface area (Å²) in [5, 5.41) is 0.150. The zero-order chi connectivity index (χ0) is 14.3. The van der Waals surface area contributed by atoms with Crippen LogP contribution in [0, 0.1) is 12.7 Å². The lowest BCUT2D eigenvalue weighted by molar-refractivity contribution is 0.0989. The Balaban J connectivity index is 2.02. The van der Waals surface area contributed by atoms with E-state index in [2.05, 4.69) is 0 Å². The lowest BCUT2D eigenvalue weighted by Gasteiger charge is -2.20. The molecule has 1 aliphatic rings. The monoisotopic (exact) mass is 289 g/mol. The third kappa shape index (κ3) is 2.08. The Labute approximate surface area is 121 Å². The molecule has 3 rings (SSSR count). The van der Waals surface area contributed by atoms with E-state index in [0.29, 0.717) is 12.1 Å². The average molecular weight is 290 g/mol. The number of para-hydroxylation sites is 1. The van der Waals surface area contributed by atoms with Crippen LogP contribution < -0.4 is 4.90 Å². The van der Waals surface area contributed by atoms with Crippen LogP contribution in [-0.2, 0) is 6.42 Å². The molecule has 0 N–H and O–H groups in total. The lowest BCUT2D eigenvalue weighted by Crippen LogP contribution is -2.29. The molecule has 1 aliphatic heterocycles. The molecule has 0 saturated carbocycles. The van der Waals surface area contributed by atoms with Gasteiger partial charge >= 0.3 is 0 Å². The lowest BCUT2D eigenvalue weighted by atomic mass is 10.1. The van der Waals surface area contributed by atoms with E-state index in [1.54, 1.807) is 4.90 Å². The van der Waals surface area contributed by atoms with Gasteiger partial charge in [0, 0.05) is 6.54 Å². The summed E-state index contributed by atoms with van der Waals surface area (Å²) in [4.78, 5) is 14.3. The first kappa shape index (κ1) is 13.1. The molecule has 20 heavy (non-hydrogen) atoms. The van der Waals surface area contributed by atoms with Crippen molar-refractivity contribution in [3.63, 3.8) is 0 Å². The molecule has 0 radical (unpaired) electrons. The SMILES string of the molecule is Cc1cccc2c1N(C(=O)c1ccc(F)cc1Cl)CC2. The molecule has 2 nitrogen and oxygen atoms in total. The number of amides is 1. The van der Waals surface area contributed by atoms with Crippen LogP contribution >= 0.6 is 11.6 Å². The summed E-state index contributed by atoms with van der Waals surface area (Å²) in [5.74, 6) is -0.618. The summed E-state index contributed by atoms with van der Waals surface area (Å²) in [7, 11) is 0. The Hall–Kier alpha value is -1.87. The van der Waals surface area contributed by atoms with Gasteiger partial charge in [-0.2, -0.15) is 0 Å². The zero-order valence-corrected chi connectivity index (χ0v) is 11.7. The van der Waals surface area contributed by atoms with Crippen molar-refractivity contribution in [2.45, 2.75) is 13.3 Å². The predicted molar refractivity (Wildman–Crippen MR) is 78.0 cm³/mol. The fourth-order valence-electron chi connectivity index (χ4n) is 2.66. The highest BCUT2D eigenvalue weighted by atomic mass is 35.5. The number of fused-ring (bicyclic) bond motifs is 1. The smallest absolute Gasteiger partial charge is 0.259 e. The fourth-order valence-corrected chi connectivity index (χ4v) is 2.91. The molecular formula is C16H13ClFNO. The number of carbonyl (C=O) groups is 1. The summed E-state index contributed by atoms with van der Waals surface area (Å²) in [6, 6.07) is 9.87. The van der Waals surface area contributed by atoms with Crippen molar-refractivity contribution < 1.29 is 9.18 Å². The summed E-state index contributed by atoms with van der Waals surface area (Å²) < 4.78 is 13.1. The summed E-state index contributed by atoms with van der Waals surface area (Å²) >= 11 is 5.98. The molecule has 0 aliphatic carbocycles. The zero-order valence-electron chi connectivity index (χ0n) is 11.0. The van der Waals surface area contributed by atoms with Crippen LogP contribution in [-0.4, -0.2) is 12.5 Å². The first-order chi connectivity index (χ1) is 9.58. The van der Waals surface area contributed by atoms with Crippen LogP contribution in [0.2, 0.25) is 5.02 Å². The van der Waals surface area contributed by atoms with Crippen LogP contribution in [0.3, 0.4) is 0 Å². The van der Waals surface area contributed by atoms with Crippen molar-refractivity contribution in [1.82, 2.24) is 0 Å². The number of anilines is 1. The maximum absolute atomic E-state index is 13.1. The van der Waals surface area contributed by atoms with Gasteiger partial charge in [-0.3, -0.25) is 4.79 Å². The molecule has 0 saturated heterocycles. The van der Waals surface area contributed by atoms with E-state index in [-0.39, 0.29) is 10.9 Å². The van der Waals surface area contributed by atoms with Gasteiger partial charge in [-0.15, -0.1) is 0 Å². The fraction of sp³-hybridized carbons (Fsp3) is 0.188. The Bertz CT molecular complexity index is 699. The number of aryl methyl sites for hydroxylation is 1. The molecule has 2 aromatic carbocycles. The Morgan fingerprint density at radius 3 is 2.85 bits per heavy atom. The standard InChI is InChI=1S/C16H13ClFNO/c1-10-3-2-4-11-7-8-19(15(10)11)16(20)13-6-5-12(18)9-14(13)17/h2-6,9H,7-8H2,1H3. The summed E-state index contributed by atoms with van der Waals surface area (Å²) in [5.41, 5.74) is 3.52. The average Bonchev–Trinajstić information content (AvgIpc) is 2.83. The van der Waals surface area contributed by atoms with Gasteiger partial charge in [-0.1, -0.05) is 29.8 Å². The van der Waals surface area contributed by atoms with Crippen molar-refractivity contribution in [3.8, 4) is 0 Å². The van der Waals surface area contributed by atoms with E-state index in [0.717, 1.165) is 23.2 Å². The normalized spacial score (nSPS) is 13.4. The van der Waals surface area contributed by atoms with Crippen molar-refractivity contribution in [2.75, 3.05) is 11.4 Å². The number of halogens is 2. The molecule has 2 aromatic rings. The number of nitrogens with zero attached hydrogens (tertiary/aromatic N) is 1. The van der Waals surface area contributed by atoms with Gasteiger partial charge in [0.25, 0.3) is 5.91 Å². The van der Waals surface area contributed by atoms with Crippen LogP contribution in [0.5, 0.6) is 0 Å². The van der Waals surface area contributed by atoms with Gasteiger partial charge in [0.05, 0.1) is 16.3 Å². The van der Waals surface area contributed by atoms with Crippen LogP contribution in [0.25, 0.3) is 0 Å². The molecular weight excluding hydrogens is 277 g/mol. The maximum Gasteiger partial charge on any atom is 0.259 e. The van der Waals surface area contributed by atoms with Crippen LogP contribution in [0.4, 0.5) is 10.1 Å². The minimum atomic E-state index is -0.440. The molecule has 0 bridgehead atoms. The van der Waals surface area contributed by atoms with Gasteiger partial charge in [0.1, 0.15) is 5.82 Å². The third-order valence-electron chi connectivity index (χ3n) is 3.60. The number of hydrogen-bond acceptors (Lipinski definition) is 1. The topological polar surface area (TPSA) is 20.3 Å². The highest BCUT2D eigenvalue weighted by Gasteiger charge is 2.28. The molecule has 0 fully saturated rings. The van der Waals surface area contributed by atoms with Gasteiger partial charge in [-0.25, -0.2) is 4.39 Å². The Kier molecular flexibility index (Phi) is 3.22. The van der Waals surface area contributed by atoms with Gasteiger partial charge in [0.2, 0.25) is 0 Å². The van der Waals surface area contributed by atoms with Crippen molar-refractivity contribution in [1.29, 1.82) is 0 Å². The predicted octanol–water partition coefficient (Wildman–Crippen LogP) is 3.99. The minimum absolute atomic E-state index is 0.150. The molecule has 1 heterocycles. The second kappa shape index (κ2) is 4.91. The highest BCUT2D eigenvalue weighted by molar-refractivity contribution is 6.34. The van der Waals surface area contributed by atoms with E-state index >= 15 is 0 Å². The van der Waals surface area contributed by atoms with E-state index < -0.39 is 5.82 Å². The number of rotatable bonds is 1. The molecule has 0 unspecified atom stereocenters. The van der Waals surface area contributed by atoms with Crippen molar-refractivity contribution >= 4 is 23.2 Å². The third-order valence-corrected chi connectivity index (χ3v) is 3.92. The summed E-state index contributed by atoms with van der Waals surface area (Å²) in [6.45, 7) is 2.61. The number of hydrogen-bond donors (Lipinski definition) is 0. The minimum Gasteiger partial charge on any atom is -0.307 e. The molecule has 4 heteroatoms. The summed E-state index contributed by atoms with van der Waals surface area (Å²) in [6.07, 6.45) is 0.835. The van der Waals surface area contributed by atoms with Crippen molar-refractivity contribution in [2.24, 2.45) is 0 Å². The van der Waals surface area contributed by atoms with E-state index in [4.69, 9.17) is 11.6 Å². The first-order valence-corrected chi connectivity index (χ1v) is 6.81. The molecule has 0 aromatic heterocycles. The molecule has 102 valence electrons. The van der Waals surface area contributed by atoms with E-state index in [9.17, 15) is 9.18 Å². The van der Waals surface area contributed by atoms with Gasteiger partial charge < -0.3 is 4.90 Å². The van der Waals surface area contributed by atoms with Crippen molar-refractivity contribution in [3.05, 3.63) is 63.9 Å². The number of carbonyl (C=O) groups excluding carboxylic acids is 1. The van der Waals surface area contributed by atoms with Gasteiger partial charge in [-0.05, 0) is 42.7 Å². The highest BCUT2D eigenvalue weighted by Crippen LogP contribution is 2.33. The maximum atomic E-state index is 13.1. The Morgan fingerprint density at radius 1 is 1.30 bits per heavy atom. The van der Waals surface area contributed by atoms with Crippen LogP contribution in [0.1, 0.15) is 21.5 Å². The van der Waals surface area contributed by atoms with Crippen LogP contribution in [0.15, 0.2) is 36.4 Å². The first-order valence-electron chi connectivity index (χ1n) is 6.43. The quantitative estimate of drug-likeness (QED) is 0.777. The van der Waals surface area contributed by atoms with E-state index in [1.807, 2.05) is 25.1 Å². The second-order valence-corrected chi connectivity index (χ2v) is 5.32. The van der Waals surface area contributed by atoms with Gasteiger partial charge in [0.15, 0.2) is 0 Å². The molecule has 1 amide bonds.